The van der Waals surface area contributed by atoms with Crippen LogP contribution in [-0.2, 0) is 30.9 Å². The average Bonchev–Trinajstić information content (AvgIpc) is 3.19. The zero-order valence-corrected chi connectivity index (χ0v) is 23.4. The number of carbonyl (C=O) groups excluding carboxylic acids is 3. The quantitative estimate of drug-likeness (QED) is 0.308. The molecule has 1 saturated heterocycles. The molecule has 9 nitrogen and oxygen atoms in total. The Morgan fingerprint density at radius 2 is 1.69 bits per heavy atom. The largest absolute Gasteiger partial charge is 0.462 e. The molecule has 1 unspecified atom stereocenters. The molecule has 0 bridgehead atoms. The van der Waals surface area contributed by atoms with E-state index < -0.39 is 33.8 Å². The highest BCUT2D eigenvalue weighted by Gasteiger charge is 2.47. The van der Waals surface area contributed by atoms with Gasteiger partial charge in [0.1, 0.15) is 6.04 Å². The van der Waals surface area contributed by atoms with Crippen molar-refractivity contribution in [2.24, 2.45) is 0 Å². The summed E-state index contributed by atoms with van der Waals surface area (Å²) in [5.74, 6) is -1.71. The van der Waals surface area contributed by atoms with E-state index in [-0.39, 0.29) is 35.7 Å². The maximum atomic E-state index is 14.3. The van der Waals surface area contributed by atoms with Crippen LogP contribution in [0.5, 0.6) is 0 Å². The normalized spacial score (nSPS) is 15.7. The summed E-state index contributed by atoms with van der Waals surface area (Å²) in [6.45, 7) is 8.95. The molecule has 10 heteroatoms. The van der Waals surface area contributed by atoms with Crippen molar-refractivity contribution in [3.8, 4) is 0 Å². The molecule has 1 atom stereocenters. The molecule has 4 rings (SSSR count). The molecule has 1 aliphatic heterocycles. The zero-order chi connectivity index (χ0) is 28.5. The average molecular weight is 550 g/mol. The predicted molar refractivity (Wildman–Crippen MR) is 146 cm³/mol. The van der Waals surface area contributed by atoms with Crippen LogP contribution in [0.15, 0.2) is 59.8 Å². The minimum absolute atomic E-state index is 0.138. The minimum Gasteiger partial charge on any atom is -0.462 e. The Hall–Kier alpha value is -3.89. The second-order valence-corrected chi connectivity index (χ2v) is 11.4. The second kappa shape index (κ2) is 11.1. The van der Waals surface area contributed by atoms with Gasteiger partial charge in [-0.05, 0) is 92.8 Å². The molecule has 1 aliphatic rings. The highest BCUT2D eigenvalue weighted by molar-refractivity contribution is 7.89. The number of carbonyl (C=O) groups is 3. The lowest BCUT2D eigenvalue weighted by molar-refractivity contribution is -0.122. The Kier molecular flexibility index (Phi) is 7.99. The molecule has 2 amide bonds. The highest BCUT2D eigenvalue weighted by atomic mass is 32.2. The fourth-order valence-electron chi connectivity index (χ4n) is 4.79. The van der Waals surface area contributed by atoms with E-state index in [0.29, 0.717) is 16.7 Å². The topological polar surface area (TPSA) is 114 Å². The number of ether oxygens (including phenoxy) is 1. The van der Waals surface area contributed by atoms with E-state index in [9.17, 15) is 22.8 Å². The van der Waals surface area contributed by atoms with E-state index in [1.807, 2.05) is 19.9 Å². The smallest absolute Gasteiger partial charge is 0.338 e. The van der Waals surface area contributed by atoms with Gasteiger partial charge in [-0.1, -0.05) is 12.1 Å². The molecule has 204 valence electrons. The van der Waals surface area contributed by atoms with Crippen molar-refractivity contribution in [3.63, 3.8) is 0 Å². The fourth-order valence-corrected chi connectivity index (χ4v) is 6.94. The van der Waals surface area contributed by atoms with Crippen LogP contribution in [0, 0.1) is 27.7 Å². The van der Waals surface area contributed by atoms with Crippen molar-refractivity contribution < 1.29 is 27.5 Å². The maximum absolute atomic E-state index is 14.3. The van der Waals surface area contributed by atoms with Crippen molar-refractivity contribution in [1.29, 1.82) is 0 Å². The summed E-state index contributed by atoms with van der Waals surface area (Å²) in [6, 6.07) is 9.97. The van der Waals surface area contributed by atoms with Crippen molar-refractivity contribution in [2.75, 3.05) is 11.5 Å². The van der Waals surface area contributed by atoms with Gasteiger partial charge >= 0.3 is 5.97 Å². The zero-order valence-electron chi connectivity index (χ0n) is 22.6. The molecular formula is C29H31N3O6S. The van der Waals surface area contributed by atoms with Crippen LogP contribution in [0.25, 0.3) is 0 Å². The van der Waals surface area contributed by atoms with Gasteiger partial charge in [-0.2, -0.15) is 4.31 Å². The third kappa shape index (κ3) is 5.35. The molecule has 39 heavy (non-hydrogen) atoms. The van der Waals surface area contributed by atoms with Gasteiger partial charge in [-0.3, -0.25) is 14.6 Å². The van der Waals surface area contributed by atoms with Crippen LogP contribution in [0.2, 0.25) is 0 Å². The summed E-state index contributed by atoms with van der Waals surface area (Å²) >= 11 is 0. The van der Waals surface area contributed by atoms with Gasteiger partial charge in [-0.25, -0.2) is 18.1 Å². The maximum Gasteiger partial charge on any atom is 0.338 e. The fraction of sp³-hybridized carbons (Fsp3) is 0.310. The van der Waals surface area contributed by atoms with Crippen LogP contribution >= 0.6 is 0 Å². The molecule has 3 aromatic rings. The van der Waals surface area contributed by atoms with E-state index in [1.54, 1.807) is 39.1 Å². The molecule has 0 spiro atoms. The summed E-state index contributed by atoms with van der Waals surface area (Å²) < 4.78 is 34.7. The first-order valence-electron chi connectivity index (χ1n) is 12.6. The first kappa shape index (κ1) is 28.1. The number of rotatable bonds is 8. The Labute approximate surface area is 228 Å². The predicted octanol–water partition coefficient (Wildman–Crippen LogP) is 4.01. The lowest BCUT2D eigenvalue weighted by Gasteiger charge is -2.29. The standard InChI is InChI=1S/C29H31N3O6S/c1-6-38-29(35)23-9-11-24(12-10-23)32-26(33)15-25(28(32)34)31(17-22-8-7-13-30-16-22)39(36,37)27-20(4)18(2)14-19(3)21(27)5/h7-14,16,25H,6,15,17H2,1-5H3. The van der Waals surface area contributed by atoms with Crippen molar-refractivity contribution >= 4 is 33.5 Å². The molecule has 0 N–H and O–H groups in total. The number of imide groups is 1. The number of anilines is 1. The third-order valence-electron chi connectivity index (χ3n) is 7.03. The summed E-state index contributed by atoms with van der Waals surface area (Å²) in [6.07, 6.45) is 2.80. The lowest BCUT2D eigenvalue weighted by atomic mass is 10.0. The highest BCUT2D eigenvalue weighted by Crippen LogP contribution is 2.34. The molecule has 0 saturated carbocycles. The number of pyridine rings is 1. The number of hydrogen-bond donors (Lipinski definition) is 0. The van der Waals surface area contributed by atoms with Crippen molar-refractivity contribution in [1.82, 2.24) is 9.29 Å². The molecule has 0 aliphatic carbocycles. The summed E-state index contributed by atoms with van der Waals surface area (Å²) in [5, 5.41) is 0. The molecule has 1 fully saturated rings. The Balaban J connectivity index is 1.77. The number of sulfonamides is 1. The number of aryl methyl sites for hydroxylation is 2. The molecular weight excluding hydrogens is 518 g/mol. The van der Waals surface area contributed by atoms with E-state index in [0.717, 1.165) is 20.3 Å². The summed E-state index contributed by atoms with van der Waals surface area (Å²) in [4.78, 5) is 44.1. The Bertz CT molecular complexity index is 1510. The van der Waals surface area contributed by atoms with Gasteiger partial charge in [0.25, 0.3) is 5.91 Å². The van der Waals surface area contributed by atoms with Crippen LogP contribution in [0.1, 0.15) is 51.5 Å². The lowest BCUT2D eigenvalue weighted by Crippen LogP contribution is -2.45. The van der Waals surface area contributed by atoms with E-state index in [2.05, 4.69) is 4.98 Å². The first-order valence-corrected chi connectivity index (χ1v) is 14.0. The molecule has 2 heterocycles. The van der Waals surface area contributed by atoms with Crippen LogP contribution in [-0.4, -0.2) is 48.1 Å². The van der Waals surface area contributed by atoms with Gasteiger partial charge in [0.05, 0.1) is 29.2 Å². The van der Waals surface area contributed by atoms with Crippen LogP contribution in [0.3, 0.4) is 0 Å². The number of aromatic nitrogens is 1. The third-order valence-corrected chi connectivity index (χ3v) is 9.16. The summed E-state index contributed by atoms with van der Waals surface area (Å²) in [7, 11) is -4.23. The molecule has 1 aromatic heterocycles. The minimum atomic E-state index is -4.23. The number of amides is 2. The van der Waals surface area contributed by atoms with Crippen LogP contribution in [0.4, 0.5) is 5.69 Å². The van der Waals surface area contributed by atoms with Crippen molar-refractivity contribution in [2.45, 2.75) is 58.5 Å². The van der Waals surface area contributed by atoms with E-state index >= 15 is 0 Å². The van der Waals surface area contributed by atoms with Gasteiger partial charge in [-0.15, -0.1) is 0 Å². The summed E-state index contributed by atoms with van der Waals surface area (Å²) in [5.41, 5.74) is 3.93. The number of nitrogens with zero attached hydrogens (tertiary/aromatic N) is 3. The van der Waals surface area contributed by atoms with Crippen molar-refractivity contribution in [3.05, 3.63) is 88.2 Å². The van der Waals surface area contributed by atoms with Gasteiger partial charge in [0.15, 0.2) is 0 Å². The number of esters is 1. The molecule has 2 aromatic carbocycles. The number of hydrogen-bond acceptors (Lipinski definition) is 7. The van der Waals surface area contributed by atoms with Gasteiger partial charge < -0.3 is 4.74 Å². The second-order valence-electron chi connectivity index (χ2n) is 9.56. The van der Waals surface area contributed by atoms with E-state index in [1.165, 1.54) is 30.5 Å². The van der Waals surface area contributed by atoms with Crippen LogP contribution < -0.4 is 4.90 Å². The Morgan fingerprint density at radius 1 is 1.05 bits per heavy atom. The Morgan fingerprint density at radius 3 is 2.26 bits per heavy atom. The van der Waals surface area contributed by atoms with Gasteiger partial charge in [0, 0.05) is 18.9 Å². The van der Waals surface area contributed by atoms with Gasteiger partial charge in [0.2, 0.25) is 15.9 Å². The monoisotopic (exact) mass is 549 g/mol. The SMILES string of the molecule is CCOC(=O)c1ccc(N2C(=O)CC(N(Cc3cccnc3)S(=O)(=O)c3c(C)c(C)cc(C)c3C)C2=O)cc1. The van der Waals surface area contributed by atoms with E-state index in [4.69, 9.17) is 4.74 Å². The first-order chi connectivity index (χ1) is 18.5. The molecule has 0 radical (unpaired) electrons. The number of benzene rings is 2.